The largest absolute Gasteiger partial charge is 0.486 e. The minimum Gasteiger partial charge on any atom is -0.486 e. The quantitative estimate of drug-likeness (QED) is 0.903. The summed E-state index contributed by atoms with van der Waals surface area (Å²) in [6.45, 7) is 3.17. The van der Waals surface area contributed by atoms with E-state index in [0.717, 1.165) is 33.3 Å². The zero-order valence-electron chi connectivity index (χ0n) is 9.97. The Hall–Kier alpha value is -1.59. The summed E-state index contributed by atoms with van der Waals surface area (Å²) in [5, 5.41) is 11.7. The number of hydrogen-bond acceptors (Lipinski definition) is 5. The van der Waals surface area contributed by atoms with Gasteiger partial charge in [-0.15, -0.1) is 11.3 Å². The van der Waals surface area contributed by atoms with E-state index in [1.165, 1.54) is 11.3 Å². The van der Waals surface area contributed by atoms with E-state index in [0.29, 0.717) is 13.2 Å². The zero-order chi connectivity index (χ0) is 12.5. The maximum absolute atomic E-state index is 9.06. The van der Waals surface area contributed by atoms with E-state index in [-0.39, 0.29) is 6.61 Å². The number of rotatable bonds is 2. The summed E-state index contributed by atoms with van der Waals surface area (Å²) < 4.78 is 11.1. The molecule has 0 saturated heterocycles. The van der Waals surface area contributed by atoms with Gasteiger partial charge < -0.3 is 14.6 Å². The van der Waals surface area contributed by atoms with Crippen LogP contribution in [-0.4, -0.2) is 23.3 Å². The van der Waals surface area contributed by atoms with Crippen LogP contribution in [0.15, 0.2) is 17.5 Å². The van der Waals surface area contributed by atoms with Gasteiger partial charge in [0.05, 0.1) is 12.3 Å². The molecule has 0 atom stereocenters. The normalized spacial score (nSPS) is 13.7. The first-order valence-electron chi connectivity index (χ1n) is 5.74. The molecule has 18 heavy (non-hydrogen) atoms. The molecule has 2 heterocycles. The fraction of sp³-hybridized carbons (Fsp3) is 0.308. The third-order valence-electron chi connectivity index (χ3n) is 2.85. The average Bonchev–Trinajstić information content (AvgIpc) is 2.86. The number of aliphatic hydroxyl groups is 1. The van der Waals surface area contributed by atoms with Gasteiger partial charge in [0.25, 0.3) is 0 Å². The minimum atomic E-state index is -0.0196. The summed E-state index contributed by atoms with van der Waals surface area (Å²) in [5.74, 6) is 1.56. The van der Waals surface area contributed by atoms with Gasteiger partial charge in [0.15, 0.2) is 11.5 Å². The van der Waals surface area contributed by atoms with Crippen LogP contribution in [0.5, 0.6) is 11.5 Å². The predicted molar refractivity (Wildman–Crippen MR) is 69.2 cm³/mol. The van der Waals surface area contributed by atoms with Crippen molar-refractivity contribution in [2.75, 3.05) is 13.2 Å². The number of ether oxygens (including phenoxy) is 2. The summed E-state index contributed by atoms with van der Waals surface area (Å²) in [6.07, 6.45) is 0. The maximum atomic E-state index is 9.06. The summed E-state index contributed by atoms with van der Waals surface area (Å²) >= 11 is 1.46. The van der Waals surface area contributed by atoms with Crippen molar-refractivity contribution in [2.45, 2.75) is 13.5 Å². The van der Waals surface area contributed by atoms with Crippen molar-refractivity contribution in [2.24, 2.45) is 0 Å². The Balaban J connectivity index is 2.06. The first-order valence-corrected chi connectivity index (χ1v) is 6.62. The second kappa shape index (κ2) is 4.59. The van der Waals surface area contributed by atoms with Gasteiger partial charge in [-0.3, -0.25) is 0 Å². The number of benzene rings is 1. The Morgan fingerprint density at radius 3 is 2.67 bits per heavy atom. The van der Waals surface area contributed by atoms with Crippen LogP contribution in [0.3, 0.4) is 0 Å². The SMILES string of the molecule is Cc1cc2c(cc1-c1csc(CO)n1)OCCO2. The number of aliphatic hydroxyl groups excluding tert-OH is 1. The lowest BCUT2D eigenvalue weighted by atomic mass is 10.1. The van der Waals surface area contributed by atoms with Crippen LogP contribution in [0.2, 0.25) is 0 Å². The van der Waals surface area contributed by atoms with Crippen LogP contribution in [0.25, 0.3) is 11.3 Å². The Morgan fingerprint density at radius 2 is 2.00 bits per heavy atom. The topological polar surface area (TPSA) is 51.6 Å². The van der Waals surface area contributed by atoms with Crippen LogP contribution >= 0.6 is 11.3 Å². The van der Waals surface area contributed by atoms with Crippen molar-refractivity contribution in [1.29, 1.82) is 0 Å². The second-order valence-corrected chi connectivity index (χ2v) is 5.04. The van der Waals surface area contributed by atoms with Gasteiger partial charge >= 0.3 is 0 Å². The molecule has 0 unspecified atom stereocenters. The second-order valence-electron chi connectivity index (χ2n) is 4.10. The van der Waals surface area contributed by atoms with Crippen molar-refractivity contribution in [1.82, 2.24) is 4.98 Å². The van der Waals surface area contributed by atoms with Crippen LogP contribution in [0, 0.1) is 6.92 Å². The number of aryl methyl sites for hydroxylation is 1. The van der Waals surface area contributed by atoms with Crippen molar-refractivity contribution in [3.8, 4) is 22.8 Å². The van der Waals surface area contributed by atoms with E-state index >= 15 is 0 Å². The zero-order valence-corrected chi connectivity index (χ0v) is 10.8. The van der Waals surface area contributed by atoms with Crippen molar-refractivity contribution >= 4 is 11.3 Å². The Kier molecular flexibility index (Phi) is 2.93. The Morgan fingerprint density at radius 1 is 1.28 bits per heavy atom. The van der Waals surface area contributed by atoms with E-state index in [9.17, 15) is 0 Å². The van der Waals surface area contributed by atoms with Crippen molar-refractivity contribution in [3.63, 3.8) is 0 Å². The summed E-state index contributed by atoms with van der Waals surface area (Å²) in [6, 6.07) is 3.93. The molecule has 3 rings (SSSR count). The highest BCUT2D eigenvalue weighted by Gasteiger charge is 2.16. The third kappa shape index (κ3) is 1.95. The number of fused-ring (bicyclic) bond motifs is 1. The van der Waals surface area contributed by atoms with Gasteiger partial charge in [-0.25, -0.2) is 4.98 Å². The van der Waals surface area contributed by atoms with Crippen LogP contribution in [0.1, 0.15) is 10.6 Å². The molecule has 0 spiro atoms. The minimum absolute atomic E-state index is 0.0196. The van der Waals surface area contributed by atoms with Gasteiger partial charge in [-0.05, 0) is 24.6 Å². The summed E-state index contributed by atoms with van der Waals surface area (Å²) in [4.78, 5) is 4.38. The van der Waals surface area contributed by atoms with E-state index in [4.69, 9.17) is 14.6 Å². The number of hydrogen-bond donors (Lipinski definition) is 1. The highest BCUT2D eigenvalue weighted by Crippen LogP contribution is 2.37. The monoisotopic (exact) mass is 263 g/mol. The molecular formula is C13H13NO3S. The molecule has 2 aromatic rings. The average molecular weight is 263 g/mol. The van der Waals surface area contributed by atoms with Gasteiger partial charge in [0.1, 0.15) is 18.2 Å². The lowest BCUT2D eigenvalue weighted by Gasteiger charge is -2.19. The molecule has 0 aliphatic carbocycles. The molecule has 1 aliphatic heterocycles. The van der Waals surface area contributed by atoms with Crippen LogP contribution in [0.4, 0.5) is 0 Å². The molecule has 94 valence electrons. The molecule has 0 radical (unpaired) electrons. The Labute approximate surface area is 109 Å². The molecule has 0 saturated carbocycles. The smallest absolute Gasteiger partial charge is 0.162 e. The lowest BCUT2D eigenvalue weighted by molar-refractivity contribution is 0.171. The van der Waals surface area contributed by atoms with E-state index < -0.39 is 0 Å². The third-order valence-corrected chi connectivity index (χ3v) is 3.69. The summed E-state index contributed by atoms with van der Waals surface area (Å²) in [7, 11) is 0. The lowest BCUT2D eigenvalue weighted by Crippen LogP contribution is -2.15. The first-order chi connectivity index (χ1) is 8.78. The van der Waals surface area contributed by atoms with Gasteiger partial charge in [0.2, 0.25) is 0 Å². The van der Waals surface area contributed by atoms with Gasteiger partial charge in [-0.2, -0.15) is 0 Å². The first kappa shape index (κ1) is 11.5. The number of aromatic nitrogens is 1. The van der Waals surface area contributed by atoms with E-state index in [2.05, 4.69) is 4.98 Å². The maximum Gasteiger partial charge on any atom is 0.162 e. The van der Waals surface area contributed by atoms with E-state index in [1.54, 1.807) is 0 Å². The Bertz CT molecular complexity index is 580. The molecule has 0 fully saturated rings. The van der Waals surface area contributed by atoms with Crippen molar-refractivity contribution in [3.05, 3.63) is 28.1 Å². The molecule has 0 amide bonds. The van der Waals surface area contributed by atoms with Gasteiger partial charge in [-0.1, -0.05) is 0 Å². The molecule has 1 aromatic carbocycles. The molecule has 1 N–H and O–H groups in total. The van der Waals surface area contributed by atoms with Crippen LogP contribution in [-0.2, 0) is 6.61 Å². The fourth-order valence-corrected chi connectivity index (χ4v) is 2.63. The summed E-state index contributed by atoms with van der Waals surface area (Å²) in [5.41, 5.74) is 2.99. The van der Waals surface area contributed by atoms with Crippen molar-refractivity contribution < 1.29 is 14.6 Å². The predicted octanol–water partition coefficient (Wildman–Crippen LogP) is 2.38. The highest BCUT2D eigenvalue weighted by molar-refractivity contribution is 7.09. The van der Waals surface area contributed by atoms with Crippen LogP contribution < -0.4 is 9.47 Å². The highest BCUT2D eigenvalue weighted by atomic mass is 32.1. The fourth-order valence-electron chi connectivity index (χ4n) is 1.97. The van der Waals surface area contributed by atoms with E-state index in [1.807, 2.05) is 24.4 Å². The molecule has 4 nitrogen and oxygen atoms in total. The molecule has 5 heteroatoms. The molecule has 1 aromatic heterocycles. The number of nitrogens with zero attached hydrogens (tertiary/aromatic N) is 1. The number of thiazole rings is 1. The van der Waals surface area contributed by atoms with Gasteiger partial charge in [0, 0.05) is 10.9 Å². The molecular weight excluding hydrogens is 250 g/mol. The standard InChI is InChI=1S/C13H13NO3S/c1-8-4-11-12(17-3-2-16-11)5-9(8)10-7-18-13(6-15)14-10/h4-5,7,15H,2-3,6H2,1H3. The molecule has 0 bridgehead atoms. The molecule has 1 aliphatic rings.